The van der Waals surface area contributed by atoms with Crippen LogP contribution < -0.4 is 5.73 Å². The molecule has 17 heavy (non-hydrogen) atoms. The monoisotopic (exact) mass is 240 g/mol. The van der Waals surface area contributed by atoms with Crippen LogP contribution in [0, 0.1) is 6.92 Å². The molecule has 96 valence electrons. The molecule has 0 unspecified atom stereocenters. The van der Waals surface area contributed by atoms with Gasteiger partial charge in [-0.2, -0.15) is 5.10 Å². The largest absolute Gasteiger partial charge is 0.396 e. The fourth-order valence-electron chi connectivity index (χ4n) is 1.70. The van der Waals surface area contributed by atoms with Gasteiger partial charge in [-0.15, -0.1) is 0 Å². The van der Waals surface area contributed by atoms with Crippen molar-refractivity contribution in [1.29, 1.82) is 0 Å². The minimum atomic E-state index is -0.141. The van der Waals surface area contributed by atoms with E-state index in [0.717, 1.165) is 0 Å². The van der Waals surface area contributed by atoms with Gasteiger partial charge in [-0.05, 0) is 27.2 Å². The highest BCUT2D eigenvalue weighted by Crippen LogP contribution is 2.17. The number of H-pyrrole nitrogens is 1. The highest BCUT2D eigenvalue weighted by atomic mass is 16.3. The highest BCUT2D eigenvalue weighted by Gasteiger charge is 2.23. The Hall–Kier alpha value is -1.56. The first-order valence-corrected chi connectivity index (χ1v) is 5.71. The molecule has 1 aromatic rings. The molecule has 0 fully saturated rings. The number of aromatic nitrogens is 2. The first-order valence-electron chi connectivity index (χ1n) is 5.71. The molecule has 0 aliphatic carbocycles. The number of aromatic amines is 1. The Morgan fingerprint density at radius 1 is 1.59 bits per heavy atom. The van der Waals surface area contributed by atoms with Crippen LogP contribution in [-0.2, 0) is 0 Å². The van der Waals surface area contributed by atoms with Crippen molar-refractivity contribution in [3.05, 3.63) is 11.3 Å². The van der Waals surface area contributed by atoms with E-state index in [2.05, 4.69) is 10.2 Å². The third kappa shape index (κ3) is 2.97. The Balaban J connectivity index is 2.92. The van der Waals surface area contributed by atoms with Gasteiger partial charge in [0.2, 0.25) is 0 Å². The summed E-state index contributed by atoms with van der Waals surface area (Å²) in [6, 6.07) is 0.0581. The zero-order chi connectivity index (χ0) is 13.0. The molecule has 0 saturated heterocycles. The van der Waals surface area contributed by atoms with Crippen LogP contribution in [0.4, 0.5) is 5.82 Å². The molecule has 0 aromatic carbocycles. The van der Waals surface area contributed by atoms with Crippen molar-refractivity contribution < 1.29 is 9.90 Å². The molecule has 0 radical (unpaired) electrons. The number of carbonyl (C=O) groups excluding carboxylic acids is 1. The van der Waals surface area contributed by atoms with Gasteiger partial charge < -0.3 is 15.7 Å². The number of aryl methyl sites for hydroxylation is 1. The number of nitrogens with two attached hydrogens (primary N) is 1. The zero-order valence-corrected chi connectivity index (χ0v) is 10.5. The van der Waals surface area contributed by atoms with E-state index in [0.29, 0.717) is 24.2 Å². The normalized spacial score (nSPS) is 10.9. The molecule has 6 heteroatoms. The lowest BCUT2D eigenvalue weighted by molar-refractivity contribution is 0.0693. The zero-order valence-electron chi connectivity index (χ0n) is 10.5. The van der Waals surface area contributed by atoms with Gasteiger partial charge in [-0.1, -0.05) is 0 Å². The summed E-state index contributed by atoms with van der Waals surface area (Å²) in [5.41, 5.74) is 6.77. The van der Waals surface area contributed by atoms with Crippen molar-refractivity contribution in [2.45, 2.75) is 33.2 Å². The Morgan fingerprint density at radius 2 is 2.24 bits per heavy atom. The maximum atomic E-state index is 12.3. The van der Waals surface area contributed by atoms with Crippen molar-refractivity contribution in [2.75, 3.05) is 18.9 Å². The van der Waals surface area contributed by atoms with Crippen molar-refractivity contribution in [1.82, 2.24) is 15.1 Å². The fraction of sp³-hybridized carbons (Fsp3) is 0.636. The van der Waals surface area contributed by atoms with Gasteiger partial charge in [0.25, 0.3) is 5.91 Å². The number of rotatable bonds is 5. The van der Waals surface area contributed by atoms with Crippen LogP contribution in [0.1, 0.15) is 36.3 Å². The van der Waals surface area contributed by atoms with E-state index in [-0.39, 0.29) is 24.4 Å². The predicted octanol–water partition coefficient (Wildman–Crippen LogP) is 0.533. The number of carbonyl (C=O) groups is 1. The topological polar surface area (TPSA) is 95.2 Å². The molecule has 1 rings (SSSR count). The summed E-state index contributed by atoms with van der Waals surface area (Å²) in [6.07, 6.45) is 0.556. The number of anilines is 1. The Bertz CT molecular complexity index is 367. The number of nitrogens with one attached hydrogen (secondary N) is 1. The molecular formula is C11H20N4O2. The number of hydrogen-bond donors (Lipinski definition) is 3. The highest BCUT2D eigenvalue weighted by molar-refractivity contribution is 5.99. The number of amides is 1. The number of aliphatic hydroxyl groups is 1. The predicted molar refractivity (Wildman–Crippen MR) is 65.6 cm³/mol. The first kappa shape index (κ1) is 13.5. The van der Waals surface area contributed by atoms with Gasteiger partial charge in [-0.3, -0.25) is 9.89 Å². The van der Waals surface area contributed by atoms with Crippen LogP contribution in [0.15, 0.2) is 0 Å². The fourth-order valence-corrected chi connectivity index (χ4v) is 1.70. The van der Waals surface area contributed by atoms with Crippen LogP contribution in [0.25, 0.3) is 0 Å². The number of nitrogen functional groups attached to an aromatic ring is 1. The van der Waals surface area contributed by atoms with Crippen LogP contribution in [0.5, 0.6) is 0 Å². The maximum absolute atomic E-state index is 12.3. The Morgan fingerprint density at radius 3 is 2.65 bits per heavy atom. The van der Waals surface area contributed by atoms with Crippen LogP contribution in [0.3, 0.4) is 0 Å². The van der Waals surface area contributed by atoms with Crippen LogP contribution in [0.2, 0.25) is 0 Å². The molecule has 4 N–H and O–H groups in total. The standard InChI is InChI=1S/C11H20N4O2/c1-7(2)15(5-4-6-16)11(17)9-8(3)13-14-10(9)12/h7,16H,4-6H2,1-3H3,(H3,12,13,14). The summed E-state index contributed by atoms with van der Waals surface area (Å²) in [5.74, 6) is 0.0827. The van der Waals surface area contributed by atoms with Gasteiger partial charge in [-0.25, -0.2) is 0 Å². The van der Waals surface area contributed by atoms with Gasteiger partial charge >= 0.3 is 0 Å². The van der Waals surface area contributed by atoms with E-state index in [1.54, 1.807) is 11.8 Å². The molecule has 6 nitrogen and oxygen atoms in total. The lowest BCUT2D eigenvalue weighted by atomic mass is 10.1. The first-order chi connectivity index (χ1) is 7.99. The van der Waals surface area contributed by atoms with Gasteiger partial charge in [0.1, 0.15) is 5.56 Å². The number of hydrogen-bond acceptors (Lipinski definition) is 4. The summed E-state index contributed by atoms with van der Waals surface area (Å²) in [4.78, 5) is 14.0. The van der Waals surface area contributed by atoms with E-state index in [4.69, 9.17) is 10.8 Å². The summed E-state index contributed by atoms with van der Waals surface area (Å²) >= 11 is 0. The maximum Gasteiger partial charge on any atom is 0.259 e. The van der Waals surface area contributed by atoms with Gasteiger partial charge in [0, 0.05) is 24.9 Å². The lowest BCUT2D eigenvalue weighted by Gasteiger charge is -2.26. The van der Waals surface area contributed by atoms with Gasteiger partial charge in [0.15, 0.2) is 5.82 Å². The number of nitrogens with zero attached hydrogens (tertiary/aromatic N) is 2. The molecule has 0 bridgehead atoms. The van der Waals surface area contributed by atoms with E-state index in [1.807, 2.05) is 13.8 Å². The number of aliphatic hydroxyl groups excluding tert-OH is 1. The quantitative estimate of drug-likeness (QED) is 0.699. The summed E-state index contributed by atoms with van der Waals surface area (Å²) in [7, 11) is 0. The van der Waals surface area contributed by atoms with Crippen LogP contribution >= 0.6 is 0 Å². The minimum absolute atomic E-state index is 0.0581. The Kier molecular flexibility index (Phi) is 4.51. The third-order valence-electron chi connectivity index (χ3n) is 2.63. The third-order valence-corrected chi connectivity index (χ3v) is 2.63. The average molecular weight is 240 g/mol. The van der Waals surface area contributed by atoms with Crippen LogP contribution in [-0.4, -0.2) is 45.3 Å². The molecule has 1 aromatic heterocycles. The van der Waals surface area contributed by atoms with Crippen molar-refractivity contribution in [3.63, 3.8) is 0 Å². The molecule has 1 amide bonds. The lowest BCUT2D eigenvalue weighted by Crippen LogP contribution is -2.38. The van der Waals surface area contributed by atoms with E-state index in [9.17, 15) is 4.79 Å². The van der Waals surface area contributed by atoms with Crippen molar-refractivity contribution in [3.8, 4) is 0 Å². The van der Waals surface area contributed by atoms with E-state index in [1.165, 1.54) is 0 Å². The Labute approximate surface area is 101 Å². The van der Waals surface area contributed by atoms with E-state index >= 15 is 0 Å². The second kappa shape index (κ2) is 5.67. The molecule has 0 aliphatic heterocycles. The summed E-state index contributed by atoms with van der Waals surface area (Å²) < 4.78 is 0. The minimum Gasteiger partial charge on any atom is -0.396 e. The molecule has 1 heterocycles. The summed E-state index contributed by atoms with van der Waals surface area (Å²) in [5, 5.41) is 15.3. The molecule has 0 aliphatic rings. The second-order valence-corrected chi connectivity index (χ2v) is 4.28. The molecule has 0 saturated carbocycles. The van der Waals surface area contributed by atoms with E-state index < -0.39 is 0 Å². The smallest absolute Gasteiger partial charge is 0.259 e. The SMILES string of the molecule is Cc1[nH]nc(N)c1C(=O)N(CCCO)C(C)C. The molecule has 0 atom stereocenters. The summed E-state index contributed by atoms with van der Waals surface area (Å²) in [6.45, 7) is 6.20. The molecular weight excluding hydrogens is 220 g/mol. The second-order valence-electron chi connectivity index (χ2n) is 4.28. The van der Waals surface area contributed by atoms with Crippen molar-refractivity contribution in [2.24, 2.45) is 0 Å². The average Bonchev–Trinajstić information content (AvgIpc) is 2.58. The molecule has 0 spiro atoms. The van der Waals surface area contributed by atoms with Crippen molar-refractivity contribution >= 4 is 11.7 Å². The van der Waals surface area contributed by atoms with Gasteiger partial charge in [0.05, 0.1) is 0 Å².